The van der Waals surface area contributed by atoms with Crippen LogP contribution in [0.3, 0.4) is 0 Å². The van der Waals surface area contributed by atoms with Gasteiger partial charge >= 0.3 is 0 Å². The fourth-order valence-electron chi connectivity index (χ4n) is 2.65. The molecule has 0 unspecified atom stereocenters. The molecule has 1 amide bonds. The summed E-state index contributed by atoms with van der Waals surface area (Å²) in [5, 5.41) is 9.25. The zero-order valence-electron chi connectivity index (χ0n) is 13.7. The number of hydrogen-bond acceptors (Lipinski definition) is 6. The molecule has 0 spiro atoms. The lowest BCUT2D eigenvalue weighted by Crippen LogP contribution is -2.06. The normalized spacial score (nSPS) is 12.4. The van der Waals surface area contributed by atoms with E-state index in [-0.39, 0.29) is 5.91 Å². The predicted octanol–water partition coefficient (Wildman–Crippen LogP) is 3.48. The van der Waals surface area contributed by atoms with Crippen LogP contribution in [0.1, 0.15) is 11.3 Å². The van der Waals surface area contributed by atoms with Crippen molar-refractivity contribution < 1.29 is 4.79 Å². The molecule has 0 radical (unpaired) electrons. The van der Waals surface area contributed by atoms with Gasteiger partial charge in [0.1, 0.15) is 5.82 Å². The molecule has 0 fully saturated rings. The second-order valence-electron chi connectivity index (χ2n) is 5.79. The van der Waals surface area contributed by atoms with Gasteiger partial charge in [-0.3, -0.25) is 9.78 Å². The van der Waals surface area contributed by atoms with E-state index in [4.69, 9.17) is 0 Å². The Morgan fingerprint density at radius 1 is 1.19 bits per heavy atom. The molecule has 26 heavy (non-hydrogen) atoms. The molecule has 4 rings (SSSR count). The van der Waals surface area contributed by atoms with Gasteiger partial charge in [-0.05, 0) is 45.8 Å². The maximum absolute atomic E-state index is 11.5. The van der Waals surface area contributed by atoms with E-state index in [9.17, 15) is 4.79 Å². The van der Waals surface area contributed by atoms with Gasteiger partial charge in [-0.15, -0.1) is 0 Å². The standard InChI is InChI=1S/C18H15BrN6O/c19-14-10-22-18(25-17(14)21-9-13-3-1-2-6-20-13)23-12-5-4-11-7-16(26)24-15(11)8-12/h1-6,8,10H,7,9H2,(H,24,26)(H2,21,22,23,25). The number of nitrogens with one attached hydrogen (secondary N) is 3. The van der Waals surface area contributed by atoms with Crippen molar-refractivity contribution in [3.8, 4) is 0 Å². The minimum absolute atomic E-state index is 0.0121. The molecule has 130 valence electrons. The quantitative estimate of drug-likeness (QED) is 0.596. The highest BCUT2D eigenvalue weighted by Crippen LogP contribution is 2.28. The van der Waals surface area contributed by atoms with Crippen molar-refractivity contribution in [1.82, 2.24) is 15.0 Å². The summed E-state index contributed by atoms with van der Waals surface area (Å²) in [5.41, 5.74) is 3.55. The van der Waals surface area contributed by atoms with E-state index >= 15 is 0 Å². The zero-order chi connectivity index (χ0) is 17.9. The van der Waals surface area contributed by atoms with Gasteiger partial charge in [0, 0.05) is 23.8 Å². The fourth-order valence-corrected chi connectivity index (χ4v) is 2.98. The molecule has 0 saturated heterocycles. The number of carbonyl (C=O) groups is 1. The third-order valence-corrected chi connectivity index (χ3v) is 4.48. The topological polar surface area (TPSA) is 91.8 Å². The van der Waals surface area contributed by atoms with E-state index in [2.05, 4.69) is 46.8 Å². The number of hydrogen-bond donors (Lipinski definition) is 3. The lowest BCUT2D eigenvalue weighted by atomic mass is 10.1. The van der Waals surface area contributed by atoms with Gasteiger partial charge in [0.25, 0.3) is 0 Å². The smallest absolute Gasteiger partial charge is 0.229 e. The van der Waals surface area contributed by atoms with Crippen molar-refractivity contribution in [2.75, 3.05) is 16.0 Å². The second kappa shape index (κ2) is 7.09. The van der Waals surface area contributed by atoms with Crippen LogP contribution in [0, 0.1) is 0 Å². The Hall–Kier alpha value is -3.00. The predicted molar refractivity (Wildman–Crippen MR) is 103 cm³/mol. The molecule has 1 aliphatic rings. The summed E-state index contributed by atoms with van der Waals surface area (Å²) in [7, 11) is 0. The molecule has 1 aliphatic heterocycles. The molecule has 0 atom stereocenters. The average molecular weight is 411 g/mol. The SMILES string of the molecule is O=C1Cc2ccc(Nc3ncc(Br)c(NCc4ccccn4)n3)cc2N1. The number of benzene rings is 1. The molecule has 7 nitrogen and oxygen atoms in total. The zero-order valence-corrected chi connectivity index (χ0v) is 15.2. The van der Waals surface area contributed by atoms with Crippen LogP contribution in [0.25, 0.3) is 0 Å². The first-order valence-electron chi connectivity index (χ1n) is 8.03. The molecule has 3 heterocycles. The lowest BCUT2D eigenvalue weighted by Gasteiger charge is -2.11. The molecule has 0 aliphatic carbocycles. The van der Waals surface area contributed by atoms with Crippen LogP contribution < -0.4 is 16.0 Å². The van der Waals surface area contributed by atoms with E-state index in [1.54, 1.807) is 12.4 Å². The monoisotopic (exact) mass is 410 g/mol. The minimum Gasteiger partial charge on any atom is -0.363 e. The average Bonchev–Trinajstić information content (AvgIpc) is 3.02. The van der Waals surface area contributed by atoms with Gasteiger partial charge in [0.2, 0.25) is 11.9 Å². The van der Waals surface area contributed by atoms with Gasteiger partial charge in [0.05, 0.1) is 23.1 Å². The maximum atomic E-state index is 11.5. The Labute approximate surface area is 158 Å². The molecule has 8 heteroatoms. The van der Waals surface area contributed by atoms with E-state index in [0.717, 1.165) is 27.1 Å². The summed E-state index contributed by atoms with van der Waals surface area (Å²) in [6.07, 6.45) is 3.86. The maximum Gasteiger partial charge on any atom is 0.229 e. The van der Waals surface area contributed by atoms with Gasteiger partial charge < -0.3 is 16.0 Å². The van der Waals surface area contributed by atoms with E-state index in [0.29, 0.717) is 24.7 Å². The summed E-state index contributed by atoms with van der Waals surface area (Å²) < 4.78 is 0.764. The van der Waals surface area contributed by atoms with Gasteiger partial charge in [-0.25, -0.2) is 4.98 Å². The number of aromatic nitrogens is 3. The summed E-state index contributed by atoms with van der Waals surface area (Å²) >= 11 is 3.45. The van der Waals surface area contributed by atoms with Crippen molar-refractivity contribution in [2.45, 2.75) is 13.0 Å². The summed E-state index contributed by atoms with van der Waals surface area (Å²) in [5.74, 6) is 1.14. The van der Waals surface area contributed by atoms with Gasteiger partial charge in [-0.2, -0.15) is 4.98 Å². The summed E-state index contributed by atoms with van der Waals surface area (Å²) in [6, 6.07) is 11.5. The Morgan fingerprint density at radius 3 is 2.96 bits per heavy atom. The second-order valence-corrected chi connectivity index (χ2v) is 6.64. The van der Waals surface area contributed by atoms with Crippen LogP contribution in [0.15, 0.2) is 53.3 Å². The Bertz CT molecular complexity index is 963. The number of rotatable bonds is 5. The van der Waals surface area contributed by atoms with Crippen LogP contribution >= 0.6 is 15.9 Å². The number of halogens is 1. The molecule has 2 aromatic heterocycles. The first-order valence-corrected chi connectivity index (χ1v) is 8.83. The number of anilines is 4. The molecule has 0 bridgehead atoms. The van der Waals surface area contributed by atoms with Crippen LogP contribution in [0.2, 0.25) is 0 Å². The minimum atomic E-state index is 0.0121. The number of amides is 1. The van der Waals surface area contributed by atoms with Crippen LogP contribution in [0.5, 0.6) is 0 Å². The van der Waals surface area contributed by atoms with Gasteiger partial charge in [-0.1, -0.05) is 12.1 Å². The van der Waals surface area contributed by atoms with Crippen molar-refractivity contribution in [2.24, 2.45) is 0 Å². The third-order valence-electron chi connectivity index (χ3n) is 3.90. The van der Waals surface area contributed by atoms with Gasteiger partial charge in [0.15, 0.2) is 0 Å². The molecule has 3 N–H and O–H groups in total. The van der Waals surface area contributed by atoms with Crippen LogP contribution in [0.4, 0.5) is 23.1 Å². The number of nitrogens with zero attached hydrogens (tertiary/aromatic N) is 3. The lowest BCUT2D eigenvalue weighted by molar-refractivity contribution is -0.115. The molecular weight excluding hydrogens is 396 g/mol. The number of fused-ring (bicyclic) bond motifs is 1. The van der Waals surface area contributed by atoms with E-state index in [1.165, 1.54) is 0 Å². The molecule has 0 saturated carbocycles. The van der Waals surface area contributed by atoms with Crippen molar-refractivity contribution in [1.29, 1.82) is 0 Å². The van der Waals surface area contributed by atoms with E-state index < -0.39 is 0 Å². The number of pyridine rings is 1. The molecular formula is C18H15BrN6O. The number of carbonyl (C=O) groups excluding carboxylic acids is 1. The van der Waals surface area contributed by atoms with Crippen LogP contribution in [-0.4, -0.2) is 20.9 Å². The summed E-state index contributed by atoms with van der Waals surface area (Å²) in [4.78, 5) is 24.5. The first kappa shape index (κ1) is 16.5. The van der Waals surface area contributed by atoms with Crippen LogP contribution in [-0.2, 0) is 17.8 Å². The van der Waals surface area contributed by atoms with Crippen molar-refractivity contribution in [3.05, 3.63) is 64.5 Å². The molecule has 3 aromatic rings. The highest BCUT2D eigenvalue weighted by atomic mass is 79.9. The Morgan fingerprint density at radius 2 is 2.12 bits per heavy atom. The molecule has 1 aromatic carbocycles. The van der Waals surface area contributed by atoms with E-state index in [1.807, 2.05) is 36.4 Å². The third kappa shape index (κ3) is 3.65. The first-order chi connectivity index (χ1) is 12.7. The van der Waals surface area contributed by atoms with Crippen molar-refractivity contribution >= 4 is 45.0 Å². The highest BCUT2D eigenvalue weighted by molar-refractivity contribution is 9.10. The summed E-state index contributed by atoms with van der Waals surface area (Å²) in [6.45, 7) is 0.556. The fraction of sp³-hybridized carbons (Fsp3) is 0.111. The highest BCUT2D eigenvalue weighted by Gasteiger charge is 2.17. The Kier molecular flexibility index (Phi) is 4.49. The largest absolute Gasteiger partial charge is 0.363 e. The Balaban J connectivity index is 1.49. The van der Waals surface area contributed by atoms with Crippen molar-refractivity contribution in [3.63, 3.8) is 0 Å².